The van der Waals surface area contributed by atoms with Crippen LogP contribution in [0.5, 0.6) is 0 Å². The Labute approximate surface area is 189 Å². The zero-order chi connectivity index (χ0) is 22.3. The predicted molar refractivity (Wildman–Crippen MR) is 120 cm³/mol. The number of carbonyl (C=O) groups excluding carboxylic acids is 1. The number of morpholine rings is 1. The van der Waals surface area contributed by atoms with Gasteiger partial charge >= 0.3 is 0 Å². The lowest BCUT2D eigenvalue weighted by Gasteiger charge is -2.27. The highest BCUT2D eigenvalue weighted by Crippen LogP contribution is 2.34. The SMILES string of the molecule is Cc1cc([N+](=O)[O-])cc2c1cc(Cc1c(Cl)ccc(C(=O)N3CCOCC3)c1Cl)n2C. The van der Waals surface area contributed by atoms with Gasteiger partial charge in [-0.2, -0.15) is 0 Å². The van der Waals surface area contributed by atoms with E-state index in [1.54, 1.807) is 29.2 Å². The second kappa shape index (κ2) is 8.49. The molecule has 9 heteroatoms. The maximum absolute atomic E-state index is 13.0. The van der Waals surface area contributed by atoms with E-state index in [4.69, 9.17) is 27.9 Å². The number of rotatable bonds is 4. The van der Waals surface area contributed by atoms with E-state index in [0.717, 1.165) is 22.2 Å². The number of hydrogen-bond acceptors (Lipinski definition) is 4. The number of ether oxygens (including phenoxy) is 1. The standard InChI is InChI=1S/C22H21Cl2N3O4/c1-13-9-15(27(29)30)12-20-17(13)10-14(25(20)2)11-18-19(23)4-3-16(21(18)24)22(28)26-5-7-31-8-6-26/h3-4,9-10,12H,5-8,11H2,1-2H3. The number of nitro groups is 1. The Balaban J connectivity index is 1.73. The summed E-state index contributed by atoms with van der Waals surface area (Å²) in [5.74, 6) is -0.144. The Morgan fingerprint density at radius 2 is 1.90 bits per heavy atom. The van der Waals surface area contributed by atoms with Crippen LogP contribution in [0.2, 0.25) is 10.0 Å². The van der Waals surface area contributed by atoms with Crippen molar-refractivity contribution in [3.8, 4) is 0 Å². The molecule has 0 bridgehead atoms. The normalized spacial score (nSPS) is 14.3. The van der Waals surface area contributed by atoms with Crippen LogP contribution in [0.4, 0.5) is 5.69 Å². The Kier molecular flexibility index (Phi) is 5.92. The molecular weight excluding hydrogens is 441 g/mol. The van der Waals surface area contributed by atoms with Crippen molar-refractivity contribution in [2.24, 2.45) is 7.05 Å². The first-order chi connectivity index (χ1) is 14.8. The number of halogens is 2. The van der Waals surface area contributed by atoms with Gasteiger partial charge in [-0.3, -0.25) is 14.9 Å². The van der Waals surface area contributed by atoms with Gasteiger partial charge in [0.05, 0.1) is 34.2 Å². The lowest BCUT2D eigenvalue weighted by atomic mass is 10.0. The van der Waals surface area contributed by atoms with Crippen LogP contribution >= 0.6 is 23.2 Å². The summed E-state index contributed by atoms with van der Waals surface area (Å²) < 4.78 is 7.22. The maximum atomic E-state index is 13.0. The van der Waals surface area contributed by atoms with E-state index in [0.29, 0.717) is 53.9 Å². The van der Waals surface area contributed by atoms with Gasteiger partial charge in [-0.25, -0.2) is 0 Å². The molecule has 4 rings (SSSR count). The molecule has 2 aromatic carbocycles. The first-order valence-electron chi connectivity index (χ1n) is 9.85. The minimum Gasteiger partial charge on any atom is -0.378 e. The molecule has 0 unspecified atom stereocenters. The van der Waals surface area contributed by atoms with Gasteiger partial charge in [-0.05, 0) is 36.2 Å². The van der Waals surface area contributed by atoms with Crippen LogP contribution < -0.4 is 0 Å². The van der Waals surface area contributed by atoms with E-state index in [1.165, 1.54) is 0 Å². The van der Waals surface area contributed by atoms with Crippen LogP contribution in [-0.4, -0.2) is 46.6 Å². The quantitative estimate of drug-likeness (QED) is 0.414. The van der Waals surface area contributed by atoms with Gasteiger partial charge in [0, 0.05) is 54.8 Å². The molecule has 2 heterocycles. The molecule has 0 N–H and O–H groups in total. The summed E-state index contributed by atoms with van der Waals surface area (Å²) in [6.07, 6.45) is 0.389. The second-order valence-corrected chi connectivity index (χ2v) is 8.40. The molecule has 1 aromatic heterocycles. The third-order valence-electron chi connectivity index (χ3n) is 5.74. The molecule has 0 aliphatic carbocycles. The number of carbonyl (C=O) groups is 1. The monoisotopic (exact) mass is 461 g/mol. The van der Waals surface area contributed by atoms with Crippen molar-refractivity contribution in [2.45, 2.75) is 13.3 Å². The molecule has 31 heavy (non-hydrogen) atoms. The Morgan fingerprint density at radius 3 is 2.58 bits per heavy atom. The van der Waals surface area contributed by atoms with Gasteiger partial charge in [0.1, 0.15) is 0 Å². The van der Waals surface area contributed by atoms with E-state index in [2.05, 4.69) is 0 Å². The first-order valence-corrected chi connectivity index (χ1v) is 10.6. The van der Waals surface area contributed by atoms with Crippen molar-refractivity contribution < 1.29 is 14.5 Å². The minimum atomic E-state index is -0.395. The molecule has 1 fully saturated rings. The summed E-state index contributed by atoms with van der Waals surface area (Å²) in [6.45, 7) is 3.90. The molecule has 0 spiro atoms. The fourth-order valence-electron chi connectivity index (χ4n) is 3.96. The van der Waals surface area contributed by atoms with Crippen molar-refractivity contribution in [2.75, 3.05) is 26.3 Å². The zero-order valence-corrected chi connectivity index (χ0v) is 18.7. The summed E-state index contributed by atoms with van der Waals surface area (Å²) in [5.41, 5.74) is 3.58. The molecule has 1 aliphatic heterocycles. The largest absolute Gasteiger partial charge is 0.378 e. The third-order valence-corrected chi connectivity index (χ3v) is 6.52. The highest BCUT2D eigenvalue weighted by atomic mass is 35.5. The summed E-state index contributed by atoms with van der Waals surface area (Å²) in [6, 6.07) is 8.45. The van der Waals surface area contributed by atoms with Crippen molar-refractivity contribution in [1.29, 1.82) is 0 Å². The number of nitrogens with zero attached hydrogens (tertiary/aromatic N) is 3. The van der Waals surface area contributed by atoms with Crippen LogP contribution in [0.3, 0.4) is 0 Å². The summed E-state index contributed by atoms with van der Waals surface area (Å²) in [4.78, 5) is 25.5. The van der Waals surface area contributed by atoms with E-state index in [9.17, 15) is 14.9 Å². The van der Waals surface area contributed by atoms with Gasteiger partial charge in [0.2, 0.25) is 0 Å². The smallest absolute Gasteiger partial charge is 0.271 e. The molecule has 0 atom stereocenters. The number of nitro benzene ring substituents is 1. The number of aryl methyl sites for hydroxylation is 2. The van der Waals surface area contributed by atoms with Crippen molar-refractivity contribution in [3.05, 3.63) is 72.9 Å². The molecule has 0 saturated carbocycles. The Bertz CT molecular complexity index is 1200. The Hall–Kier alpha value is -2.61. The van der Waals surface area contributed by atoms with E-state index >= 15 is 0 Å². The van der Waals surface area contributed by atoms with E-state index in [-0.39, 0.29) is 11.6 Å². The summed E-state index contributed by atoms with van der Waals surface area (Å²) >= 11 is 13.1. The topological polar surface area (TPSA) is 77.6 Å². The van der Waals surface area contributed by atoms with Crippen LogP contribution in [0, 0.1) is 17.0 Å². The summed E-state index contributed by atoms with van der Waals surface area (Å²) in [5, 5.41) is 13.0. The van der Waals surface area contributed by atoms with Crippen LogP contribution in [-0.2, 0) is 18.2 Å². The highest BCUT2D eigenvalue weighted by Gasteiger charge is 2.24. The van der Waals surface area contributed by atoms with Crippen LogP contribution in [0.1, 0.15) is 27.2 Å². The molecular formula is C22H21Cl2N3O4. The van der Waals surface area contributed by atoms with Crippen LogP contribution in [0.25, 0.3) is 10.9 Å². The lowest BCUT2D eigenvalue weighted by Crippen LogP contribution is -2.40. The lowest BCUT2D eigenvalue weighted by molar-refractivity contribution is -0.384. The number of amides is 1. The fraction of sp³-hybridized carbons (Fsp3) is 0.318. The van der Waals surface area contributed by atoms with E-state index in [1.807, 2.05) is 24.6 Å². The number of benzene rings is 2. The minimum absolute atomic E-state index is 0.0481. The molecule has 162 valence electrons. The molecule has 3 aromatic rings. The average Bonchev–Trinajstić information content (AvgIpc) is 3.07. The van der Waals surface area contributed by atoms with Crippen LogP contribution in [0.15, 0.2) is 30.3 Å². The van der Waals surface area contributed by atoms with Crippen molar-refractivity contribution in [3.63, 3.8) is 0 Å². The number of aromatic nitrogens is 1. The van der Waals surface area contributed by atoms with Gasteiger partial charge in [0.15, 0.2) is 0 Å². The third kappa shape index (κ3) is 4.01. The average molecular weight is 462 g/mol. The number of non-ortho nitro benzene ring substituents is 1. The number of hydrogen-bond donors (Lipinski definition) is 0. The number of fused-ring (bicyclic) bond motifs is 1. The molecule has 1 aliphatic rings. The first kappa shape index (κ1) is 21.6. The molecule has 0 radical (unpaired) electrons. The molecule has 1 amide bonds. The van der Waals surface area contributed by atoms with Gasteiger partial charge in [-0.1, -0.05) is 23.2 Å². The van der Waals surface area contributed by atoms with Gasteiger partial charge < -0.3 is 14.2 Å². The molecule has 1 saturated heterocycles. The van der Waals surface area contributed by atoms with E-state index < -0.39 is 4.92 Å². The van der Waals surface area contributed by atoms with Crippen molar-refractivity contribution >= 4 is 45.7 Å². The summed E-state index contributed by atoms with van der Waals surface area (Å²) in [7, 11) is 1.85. The highest BCUT2D eigenvalue weighted by molar-refractivity contribution is 6.38. The maximum Gasteiger partial charge on any atom is 0.271 e. The Morgan fingerprint density at radius 1 is 1.19 bits per heavy atom. The molecule has 7 nitrogen and oxygen atoms in total. The second-order valence-electron chi connectivity index (χ2n) is 7.62. The zero-order valence-electron chi connectivity index (χ0n) is 17.2. The van der Waals surface area contributed by atoms with Gasteiger partial charge in [0.25, 0.3) is 11.6 Å². The van der Waals surface area contributed by atoms with Gasteiger partial charge in [-0.15, -0.1) is 0 Å². The van der Waals surface area contributed by atoms with Crippen molar-refractivity contribution in [1.82, 2.24) is 9.47 Å². The predicted octanol–water partition coefficient (Wildman–Crippen LogP) is 4.76. The fourth-order valence-corrected chi connectivity index (χ4v) is 4.55.